The molecule has 120 valence electrons. The minimum atomic E-state index is -3.64. The highest BCUT2D eigenvalue weighted by Crippen LogP contribution is 2.22. The standard InChI is InChI=1S/C14H23ClN2O3S/c1-4-7-16-10-12-5-6-13(15)14(8-12)21(18,19)17-9-11(2)20-3/h5-6,8,11,16-17H,4,7,9-10H2,1-3H3. The predicted octanol–water partition coefficient (Wildman–Crippen LogP) is 2.15. The molecule has 0 aliphatic carbocycles. The summed E-state index contributed by atoms with van der Waals surface area (Å²) >= 11 is 6.02. The third kappa shape index (κ3) is 5.92. The van der Waals surface area contributed by atoms with Crippen LogP contribution in [0.3, 0.4) is 0 Å². The second-order valence-electron chi connectivity index (χ2n) is 4.84. The Kier molecular flexibility index (Phi) is 7.62. The number of nitrogens with one attached hydrogen (secondary N) is 2. The molecule has 1 aromatic rings. The molecule has 0 aromatic heterocycles. The summed E-state index contributed by atoms with van der Waals surface area (Å²) in [6.07, 6.45) is 0.822. The van der Waals surface area contributed by atoms with Gasteiger partial charge in [0.15, 0.2) is 0 Å². The predicted molar refractivity (Wildman–Crippen MR) is 85.1 cm³/mol. The Balaban J connectivity index is 2.86. The van der Waals surface area contributed by atoms with E-state index in [-0.39, 0.29) is 22.6 Å². The maximum Gasteiger partial charge on any atom is 0.242 e. The van der Waals surface area contributed by atoms with Gasteiger partial charge in [0, 0.05) is 20.2 Å². The van der Waals surface area contributed by atoms with Gasteiger partial charge in [-0.15, -0.1) is 0 Å². The summed E-state index contributed by atoms with van der Waals surface area (Å²) in [6, 6.07) is 5.03. The van der Waals surface area contributed by atoms with Crippen molar-refractivity contribution in [3.8, 4) is 0 Å². The summed E-state index contributed by atoms with van der Waals surface area (Å²) in [6.45, 7) is 5.56. The quantitative estimate of drug-likeness (QED) is 0.679. The molecule has 0 aliphatic heterocycles. The molecular formula is C14H23ClN2O3S. The van der Waals surface area contributed by atoms with E-state index >= 15 is 0 Å². The number of methoxy groups -OCH3 is 1. The first-order chi connectivity index (χ1) is 9.90. The van der Waals surface area contributed by atoms with E-state index in [9.17, 15) is 8.42 Å². The topological polar surface area (TPSA) is 67.4 Å². The van der Waals surface area contributed by atoms with Crippen molar-refractivity contribution in [3.63, 3.8) is 0 Å². The van der Waals surface area contributed by atoms with E-state index < -0.39 is 10.0 Å². The van der Waals surface area contributed by atoms with E-state index in [1.807, 2.05) is 6.07 Å². The van der Waals surface area contributed by atoms with Crippen LogP contribution in [0.25, 0.3) is 0 Å². The lowest BCUT2D eigenvalue weighted by Crippen LogP contribution is -2.31. The maximum atomic E-state index is 12.3. The molecule has 1 aromatic carbocycles. The minimum absolute atomic E-state index is 0.100. The lowest BCUT2D eigenvalue weighted by molar-refractivity contribution is 0.122. The molecular weight excluding hydrogens is 312 g/mol. The first-order valence-corrected chi connectivity index (χ1v) is 8.78. The van der Waals surface area contributed by atoms with Crippen LogP contribution in [0.5, 0.6) is 0 Å². The first-order valence-electron chi connectivity index (χ1n) is 6.92. The SMILES string of the molecule is CCCNCc1ccc(Cl)c(S(=O)(=O)NCC(C)OC)c1. The Morgan fingerprint density at radius 1 is 1.38 bits per heavy atom. The average molecular weight is 335 g/mol. The van der Waals surface area contributed by atoms with Crippen molar-refractivity contribution in [2.45, 2.75) is 37.8 Å². The minimum Gasteiger partial charge on any atom is -0.380 e. The monoisotopic (exact) mass is 334 g/mol. The van der Waals surface area contributed by atoms with Crippen LogP contribution in [-0.2, 0) is 21.3 Å². The van der Waals surface area contributed by atoms with Gasteiger partial charge in [0.25, 0.3) is 0 Å². The van der Waals surface area contributed by atoms with Crippen LogP contribution in [0, 0.1) is 0 Å². The highest BCUT2D eigenvalue weighted by atomic mass is 35.5. The molecule has 5 nitrogen and oxygen atoms in total. The van der Waals surface area contributed by atoms with Gasteiger partial charge in [0.2, 0.25) is 10.0 Å². The van der Waals surface area contributed by atoms with Crippen molar-refractivity contribution in [2.75, 3.05) is 20.2 Å². The third-order valence-corrected chi connectivity index (χ3v) is 4.91. The lowest BCUT2D eigenvalue weighted by Gasteiger charge is -2.13. The van der Waals surface area contributed by atoms with Gasteiger partial charge in [-0.25, -0.2) is 13.1 Å². The molecule has 0 amide bonds. The van der Waals surface area contributed by atoms with Crippen LogP contribution in [-0.4, -0.2) is 34.7 Å². The Labute approximate surface area is 132 Å². The Bertz CT molecular complexity index is 549. The number of rotatable bonds is 9. The lowest BCUT2D eigenvalue weighted by atomic mass is 10.2. The van der Waals surface area contributed by atoms with Gasteiger partial charge >= 0.3 is 0 Å². The van der Waals surface area contributed by atoms with Crippen LogP contribution >= 0.6 is 11.6 Å². The number of ether oxygens (including phenoxy) is 1. The van der Waals surface area contributed by atoms with E-state index in [1.54, 1.807) is 19.1 Å². The molecule has 0 saturated carbocycles. The summed E-state index contributed by atoms with van der Waals surface area (Å²) in [5.41, 5.74) is 0.882. The van der Waals surface area contributed by atoms with Gasteiger partial charge in [-0.3, -0.25) is 0 Å². The Morgan fingerprint density at radius 3 is 2.71 bits per heavy atom. The molecule has 1 unspecified atom stereocenters. The normalized spacial score (nSPS) is 13.3. The van der Waals surface area contributed by atoms with Crippen molar-refractivity contribution >= 4 is 21.6 Å². The third-order valence-electron chi connectivity index (χ3n) is 3.00. The summed E-state index contributed by atoms with van der Waals surface area (Å²) in [4.78, 5) is 0.100. The molecule has 0 heterocycles. The molecule has 0 spiro atoms. The van der Waals surface area contributed by atoms with E-state index in [0.717, 1.165) is 18.5 Å². The summed E-state index contributed by atoms with van der Waals surface area (Å²) in [7, 11) is -2.11. The van der Waals surface area contributed by atoms with Crippen LogP contribution in [0.4, 0.5) is 0 Å². The van der Waals surface area contributed by atoms with Crippen molar-refractivity contribution in [3.05, 3.63) is 28.8 Å². The molecule has 7 heteroatoms. The second kappa shape index (κ2) is 8.70. The molecule has 1 atom stereocenters. The highest BCUT2D eigenvalue weighted by molar-refractivity contribution is 7.89. The van der Waals surface area contributed by atoms with Crippen molar-refractivity contribution < 1.29 is 13.2 Å². The smallest absolute Gasteiger partial charge is 0.242 e. The summed E-state index contributed by atoms with van der Waals surface area (Å²) in [5, 5.41) is 3.45. The average Bonchev–Trinajstić information content (AvgIpc) is 2.46. The molecule has 0 aliphatic rings. The van der Waals surface area contributed by atoms with Crippen LogP contribution in [0.1, 0.15) is 25.8 Å². The maximum absolute atomic E-state index is 12.3. The molecule has 0 fully saturated rings. The summed E-state index contributed by atoms with van der Waals surface area (Å²) < 4.78 is 32.1. The van der Waals surface area contributed by atoms with Crippen LogP contribution < -0.4 is 10.0 Å². The number of halogens is 1. The Hall–Kier alpha value is -0.660. The largest absolute Gasteiger partial charge is 0.380 e. The number of benzene rings is 1. The van der Waals surface area contributed by atoms with Gasteiger partial charge in [-0.1, -0.05) is 24.6 Å². The molecule has 2 N–H and O–H groups in total. The Morgan fingerprint density at radius 2 is 2.10 bits per heavy atom. The van der Waals surface area contributed by atoms with E-state index in [1.165, 1.54) is 7.11 Å². The molecule has 0 saturated heterocycles. The molecule has 21 heavy (non-hydrogen) atoms. The van der Waals surface area contributed by atoms with Crippen molar-refractivity contribution in [1.82, 2.24) is 10.0 Å². The van der Waals surface area contributed by atoms with Gasteiger partial charge in [-0.05, 0) is 37.6 Å². The fraction of sp³-hybridized carbons (Fsp3) is 0.571. The fourth-order valence-corrected chi connectivity index (χ4v) is 3.32. The van der Waals surface area contributed by atoms with Gasteiger partial charge < -0.3 is 10.1 Å². The summed E-state index contributed by atoms with van der Waals surface area (Å²) in [5.74, 6) is 0. The highest BCUT2D eigenvalue weighted by Gasteiger charge is 2.19. The molecule has 0 radical (unpaired) electrons. The molecule has 1 rings (SSSR count). The van der Waals surface area contributed by atoms with Crippen molar-refractivity contribution in [2.24, 2.45) is 0 Å². The van der Waals surface area contributed by atoms with Gasteiger partial charge in [-0.2, -0.15) is 0 Å². The van der Waals surface area contributed by atoms with Crippen LogP contribution in [0.15, 0.2) is 23.1 Å². The zero-order chi connectivity index (χ0) is 15.9. The number of sulfonamides is 1. The molecule has 0 bridgehead atoms. The van der Waals surface area contributed by atoms with Gasteiger partial charge in [0.05, 0.1) is 11.1 Å². The van der Waals surface area contributed by atoms with Crippen molar-refractivity contribution in [1.29, 1.82) is 0 Å². The fourth-order valence-electron chi connectivity index (χ4n) is 1.66. The van der Waals surface area contributed by atoms with Gasteiger partial charge in [0.1, 0.15) is 4.90 Å². The second-order valence-corrected chi connectivity index (χ2v) is 6.98. The van der Waals surface area contributed by atoms with Crippen LogP contribution in [0.2, 0.25) is 5.02 Å². The van der Waals surface area contributed by atoms with E-state index in [4.69, 9.17) is 16.3 Å². The number of hydrogen-bond donors (Lipinski definition) is 2. The number of hydrogen-bond acceptors (Lipinski definition) is 4. The van der Waals surface area contributed by atoms with E-state index in [2.05, 4.69) is 17.0 Å². The zero-order valence-corrected chi connectivity index (χ0v) is 14.2. The van der Waals surface area contributed by atoms with E-state index in [0.29, 0.717) is 6.54 Å². The zero-order valence-electron chi connectivity index (χ0n) is 12.6. The first kappa shape index (κ1) is 18.4.